The van der Waals surface area contributed by atoms with E-state index in [4.69, 9.17) is 16.3 Å². The van der Waals surface area contributed by atoms with Gasteiger partial charge in [0.2, 0.25) is 5.16 Å². The van der Waals surface area contributed by atoms with Gasteiger partial charge < -0.3 is 9.64 Å². The lowest BCUT2D eigenvalue weighted by atomic mass is 10.2. The van der Waals surface area contributed by atoms with Crippen molar-refractivity contribution >= 4 is 28.5 Å². The van der Waals surface area contributed by atoms with E-state index in [9.17, 15) is 9.00 Å². The molecule has 1 aromatic heterocycles. The Morgan fingerprint density at radius 3 is 2.83 bits per heavy atom. The van der Waals surface area contributed by atoms with Gasteiger partial charge in [0.15, 0.2) is 0 Å². The van der Waals surface area contributed by atoms with Gasteiger partial charge in [0.1, 0.15) is 10.8 Å². The Morgan fingerprint density at radius 1 is 1.52 bits per heavy atom. The van der Waals surface area contributed by atoms with Crippen LogP contribution in [0.15, 0.2) is 11.4 Å². The second-order valence-corrected chi connectivity index (χ2v) is 8.47. The zero-order chi connectivity index (χ0) is 17.2. The van der Waals surface area contributed by atoms with Gasteiger partial charge in [-0.3, -0.25) is 4.21 Å². The van der Waals surface area contributed by atoms with Crippen LogP contribution in [0.5, 0.6) is 0 Å². The Hall–Kier alpha value is -1.21. The van der Waals surface area contributed by atoms with Gasteiger partial charge in [-0.25, -0.2) is 14.8 Å². The Kier molecular flexibility index (Phi) is 5.62. The van der Waals surface area contributed by atoms with E-state index < -0.39 is 16.4 Å². The maximum Gasteiger partial charge on any atom is 0.410 e. The summed E-state index contributed by atoms with van der Waals surface area (Å²) in [7, 11) is -1.32. The van der Waals surface area contributed by atoms with E-state index in [1.165, 1.54) is 0 Å². The van der Waals surface area contributed by atoms with Crippen LogP contribution in [0, 0.1) is 12.8 Å². The van der Waals surface area contributed by atoms with Crippen molar-refractivity contribution in [3.8, 4) is 0 Å². The van der Waals surface area contributed by atoms with Crippen molar-refractivity contribution in [2.45, 2.75) is 44.9 Å². The molecule has 6 nitrogen and oxygen atoms in total. The quantitative estimate of drug-likeness (QED) is 0.613. The molecule has 23 heavy (non-hydrogen) atoms. The minimum absolute atomic E-state index is 0.145. The predicted molar refractivity (Wildman–Crippen MR) is 89.0 cm³/mol. The number of halogens is 1. The number of aryl methyl sites for hydroxylation is 1. The van der Waals surface area contributed by atoms with Crippen molar-refractivity contribution in [1.82, 2.24) is 14.9 Å². The summed E-state index contributed by atoms with van der Waals surface area (Å²) in [5.41, 5.74) is 0.245. The summed E-state index contributed by atoms with van der Waals surface area (Å²) in [6.07, 6.45) is 2.05. The van der Waals surface area contributed by atoms with E-state index >= 15 is 0 Å². The van der Waals surface area contributed by atoms with Crippen LogP contribution in [0.2, 0.25) is 5.15 Å². The number of carbonyl (C=O) groups is 1. The van der Waals surface area contributed by atoms with E-state index in [1.807, 2.05) is 20.8 Å². The minimum atomic E-state index is -1.32. The summed E-state index contributed by atoms with van der Waals surface area (Å²) >= 11 is 5.95. The first-order chi connectivity index (χ1) is 10.7. The number of ether oxygens (including phenoxy) is 1. The van der Waals surface area contributed by atoms with Crippen LogP contribution in [0.4, 0.5) is 4.79 Å². The molecule has 8 heteroatoms. The molecule has 1 fully saturated rings. The summed E-state index contributed by atoms with van der Waals surface area (Å²) in [5, 5.41) is 0.571. The van der Waals surface area contributed by atoms with Gasteiger partial charge in [0.05, 0.1) is 10.8 Å². The molecule has 0 aliphatic carbocycles. The molecule has 128 valence electrons. The number of carbonyl (C=O) groups excluding carboxylic acids is 1. The van der Waals surface area contributed by atoms with Gasteiger partial charge in [-0.2, -0.15) is 0 Å². The summed E-state index contributed by atoms with van der Waals surface area (Å²) in [4.78, 5) is 21.8. The van der Waals surface area contributed by atoms with Gasteiger partial charge in [-0.15, -0.1) is 0 Å². The normalized spacial score (nSPS) is 19.7. The Balaban J connectivity index is 1.91. The summed E-state index contributed by atoms with van der Waals surface area (Å²) in [5.74, 6) is 0.561. The zero-order valence-electron chi connectivity index (χ0n) is 13.8. The van der Waals surface area contributed by atoms with Crippen LogP contribution in [0.3, 0.4) is 0 Å². The lowest BCUT2D eigenvalue weighted by molar-refractivity contribution is 0.0289. The van der Waals surface area contributed by atoms with Gasteiger partial charge in [0, 0.05) is 30.6 Å². The molecule has 2 atom stereocenters. The Morgan fingerprint density at radius 2 is 2.22 bits per heavy atom. The molecule has 1 aliphatic rings. The van der Waals surface area contributed by atoms with E-state index in [1.54, 1.807) is 18.0 Å². The van der Waals surface area contributed by atoms with E-state index in [-0.39, 0.29) is 17.2 Å². The number of amides is 1. The van der Waals surface area contributed by atoms with Crippen molar-refractivity contribution in [2.24, 2.45) is 5.92 Å². The van der Waals surface area contributed by atoms with Crippen molar-refractivity contribution in [3.05, 3.63) is 16.9 Å². The maximum atomic E-state index is 12.4. The lowest BCUT2D eigenvalue weighted by Gasteiger charge is -2.24. The summed E-state index contributed by atoms with van der Waals surface area (Å²) in [6.45, 7) is 8.47. The smallest absolute Gasteiger partial charge is 0.410 e. The summed E-state index contributed by atoms with van der Waals surface area (Å²) < 4.78 is 17.7. The highest BCUT2D eigenvalue weighted by Crippen LogP contribution is 2.22. The average Bonchev–Trinajstić information content (AvgIpc) is 2.88. The van der Waals surface area contributed by atoms with Crippen LogP contribution in [0.25, 0.3) is 0 Å². The van der Waals surface area contributed by atoms with Crippen molar-refractivity contribution in [3.63, 3.8) is 0 Å². The molecule has 1 saturated heterocycles. The van der Waals surface area contributed by atoms with Crippen molar-refractivity contribution in [1.29, 1.82) is 0 Å². The molecule has 0 saturated carbocycles. The fourth-order valence-corrected chi connectivity index (χ4v) is 3.66. The highest BCUT2D eigenvalue weighted by molar-refractivity contribution is 7.84. The molecule has 0 bridgehead atoms. The standard InChI is InChI=1S/C15H22ClN3O3S/c1-10-7-17-13(18-12(10)16)23(21)9-11-5-6-19(8-11)14(20)22-15(2,3)4/h7,11H,5-6,8-9H2,1-4H3/t11-,23-/m0/s1. The van der Waals surface area contributed by atoms with Gasteiger partial charge in [0.25, 0.3) is 0 Å². The Bertz CT molecular complexity index is 618. The monoisotopic (exact) mass is 359 g/mol. The van der Waals surface area contributed by atoms with E-state index in [2.05, 4.69) is 9.97 Å². The van der Waals surface area contributed by atoms with Crippen LogP contribution < -0.4 is 0 Å². The van der Waals surface area contributed by atoms with Crippen molar-refractivity contribution in [2.75, 3.05) is 18.8 Å². The maximum absolute atomic E-state index is 12.4. The number of hydrogen-bond acceptors (Lipinski definition) is 5. The van der Waals surface area contributed by atoms with Gasteiger partial charge >= 0.3 is 6.09 Å². The first-order valence-electron chi connectivity index (χ1n) is 7.51. The van der Waals surface area contributed by atoms with Gasteiger partial charge in [-0.1, -0.05) is 11.6 Å². The molecular formula is C15H22ClN3O3S. The minimum Gasteiger partial charge on any atom is -0.444 e. The molecule has 2 heterocycles. The number of hydrogen-bond donors (Lipinski definition) is 0. The average molecular weight is 360 g/mol. The van der Waals surface area contributed by atoms with Gasteiger partial charge in [-0.05, 0) is 40.0 Å². The topological polar surface area (TPSA) is 72.4 Å². The molecule has 0 unspecified atom stereocenters. The number of rotatable bonds is 3. The molecule has 0 aromatic carbocycles. The fourth-order valence-electron chi connectivity index (χ4n) is 2.27. The first-order valence-corrected chi connectivity index (χ1v) is 9.21. The second kappa shape index (κ2) is 7.13. The molecule has 0 radical (unpaired) electrons. The highest BCUT2D eigenvalue weighted by Gasteiger charge is 2.31. The SMILES string of the molecule is Cc1cnc([S@@](=O)C[C@H]2CCN(C(=O)OC(C)(C)C)C2)nc1Cl. The predicted octanol–water partition coefficient (Wildman–Crippen LogP) is 2.80. The number of likely N-dealkylation sites (tertiary alicyclic amines) is 1. The molecule has 0 N–H and O–H groups in total. The third-order valence-corrected chi connectivity index (χ3v) is 5.18. The molecule has 1 aromatic rings. The second-order valence-electron chi connectivity index (χ2n) is 6.72. The molecule has 0 spiro atoms. The van der Waals surface area contributed by atoms with Crippen LogP contribution in [0.1, 0.15) is 32.8 Å². The van der Waals surface area contributed by atoms with E-state index in [0.717, 1.165) is 12.0 Å². The highest BCUT2D eigenvalue weighted by atomic mass is 35.5. The molecule has 1 amide bonds. The number of aromatic nitrogens is 2. The Labute approximate surface area is 144 Å². The molecule has 2 rings (SSSR count). The largest absolute Gasteiger partial charge is 0.444 e. The third-order valence-electron chi connectivity index (χ3n) is 3.42. The van der Waals surface area contributed by atoms with E-state index in [0.29, 0.717) is 24.0 Å². The first kappa shape index (κ1) is 18.1. The van der Waals surface area contributed by atoms with Crippen molar-refractivity contribution < 1.29 is 13.7 Å². The number of nitrogens with zero attached hydrogens (tertiary/aromatic N) is 3. The molecule has 1 aliphatic heterocycles. The zero-order valence-corrected chi connectivity index (χ0v) is 15.4. The van der Waals surface area contributed by atoms with Crippen LogP contribution >= 0.6 is 11.6 Å². The third kappa shape index (κ3) is 5.14. The van der Waals surface area contributed by atoms with Crippen LogP contribution in [-0.2, 0) is 15.5 Å². The molecular weight excluding hydrogens is 338 g/mol. The lowest BCUT2D eigenvalue weighted by Crippen LogP contribution is -2.35. The summed E-state index contributed by atoms with van der Waals surface area (Å²) in [6, 6.07) is 0. The fraction of sp³-hybridized carbons (Fsp3) is 0.667. The van der Waals surface area contributed by atoms with Crippen LogP contribution in [-0.4, -0.2) is 49.6 Å².